The van der Waals surface area contributed by atoms with E-state index >= 15 is 0 Å². The highest BCUT2D eigenvalue weighted by Gasteiger charge is 2.39. The maximum absolute atomic E-state index is 9.70. The standard InChI is InChI=1S/C25H31N5O3/c1-17-4-2-5-18(14-17)20-8-12-30(28-20)25-15-24(29-11-9-22-21(29)10-13-33-22)26-23(27-25)7-3-6-19(32)16-31/h2,4-5,8,12,14-15,19,21-22,31-32H,3,6-7,9-11,13,16H2,1H3/t19?,21-,22?/m1/s1. The molecule has 2 saturated heterocycles. The van der Waals surface area contributed by atoms with Gasteiger partial charge in [-0.1, -0.05) is 23.8 Å². The lowest BCUT2D eigenvalue weighted by molar-refractivity contribution is 0.0866. The molecule has 2 fully saturated rings. The Morgan fingerprint density at radius 3 is 2.88 bits per heavy atom. The van der Waals surface area contributed by atoms with Crippen LogP contribution in [0.15, 0.2) is 42.6 Å². The molecule has 0 bridgehead atoms. The molecule has 1 aromatic carbocycles. The predicted molar refractivity (Wildman–Crippen MR) is 125 cm³/mol. The average Bonchev–Trinajstić information content (AvgIpc) is 3.56. The normalized spacial score (nSPS) is 20.9. The van der Waals surface area contributed by atoms with Gasteiger partial charge in [0.05, 0.1) is 30.6 Å². The van der Waals surface area contributed by atoms with Crippen LogP contribution in [-0.4, -0.2) is 68.0 Å². The predicted octanol–water partition coefficient (Wildman–Crippen LogP) is 2.68. The van der Waals surface area contributed by atoms with Gasteiger partial charge in [0, 0.05) is 37.4 Å². The van der Waals surface area contributed by atoms with Gasteiger partial charge in [0.15, 0.2) is 5.82 Å². The van der Waals surface area contributed by atoms with Crippen LogP contribution < -0.4 is 4.90 Å². The second-order valence-electron chi connectivity index (χ2n) is 8.99. The maximum atomic E-state index is 9.70. The number of aliphatic hydroxyl groups excluding tert-OH is 2. The number of aryl methyl sites for hydroxylation is 2. The molecule has 2 aliphatic rings. The Balaban J connectivity index is 1.45. The molecule has 0 aliphatic carbocycles. The molecule has 174 valence electrons. The van der Waals surface area contributed by atoms with Crippen LogP contribution in [-0.2, 0) is 11.2 Å². The Morgan fingerprint density at radius 2 is 2.03 bits per heavy atom. The van der Waals surface area contributed by atoms with Gasteiger partial charge in [-0.15, -0.1) is 0 Å². The van der Waals surface area contributed by atoms with E-state index in [0.717, 1.165) is 54.7 Å². The number of hydrogen-bond donors (Lipinski definition) is 2. The number of aromatic nitrogens is 4. The summed E-state index contributed by atoms with van der Waals surface area (Å²) in [6.07, 6.45) is 5.39. The maximum Gasteiger partial charge on any atom is 0.159 e. The smallest absolute Gasteiger partial charge is 0.159 e. The highest BCUT2D eigenvalue weighted by atomic mass is 16.5. The van der Waals surface area contributed by atoms with E-state index in [2.05, 4.69) is 30.0 Å². The van der Waals surface area contributed by atoms with Crippen LogP contribution in [0.4, 0.5) is 5.82 Å². The number of fused-ring (bicyclic) bond motifs is 1. The molecule has 8 nitrogen and oxygen atoms in total. The summed E-state index contributed by atoms with van der Waals surface area (Å²) in [5.74, 6) is 2.37. The first-order valence-corrected chi connectivity index (χ1v) is 11.8. The third-order valence-corrected chi connectivity index (χ3v) is 6.56. The Bertz CT molecular complexity index is 1100. The Morgan fingerprint density at radius 1 is 1.15 bits per heavy atom. The second kappa shape index (κ2) is 9.59. The molecule has 2 aromatic heterocycles. The summed E-state index contributed by atoms with van der Waals surface area (Å²) < 4.78 is 7.70. The molecule has 0 saturated carbocycles. The first-order valence-electron chi connectivity index (χ1n) is 11.8. The first-order chi connectivity index (χ1) is 16.1. The fourth-order valence-electron chi connectivity index (χ4n) is 4.83. The van der Waals surface area contributed by atoms with Crippen LogP contribution in [0.25, 0.3) is 17.1 Å². The summed E-state index contributed by atoms with van der Waals surface area (Å²) in [6.45, 7) is 3.57. The Labute approximate surface area is 193 Å². The van der Waals surface area contributed by atoms with Gasteiger partial charge in [-0.3, -0.25) is 0 Å². The molecule has 2 unspecified atom stereocenters. The molecule has 8 heteroatoms. The Hall–Kier alpha value is -2.81. The highest BCUT2D eigenvalue weighted by molar-refractivity contribution is 5.60. The SMILES string of the molecule is Cc1cccc(-c2ccn(-c3cc(N4CCC5OCC[C@H]54)nc(CCCC(O)CO)n3)n2)c1. The van der Waals surface area contributed by atoms with Crippen molar-refractivity contribution in [2.45, 2.75) is 57.3 Å². The van der Waals surface area contributed by atoms with Crippen molar-refractivity contribution in [2.24, 2.45) is 0 Å². The summed E-state index contributed by atoms with van der Waals surface area (Å²) >= 11 is 0. The minimum atomic E-state index is -0.703. The molecule has 2 aliphatic heterocycles. The zero-order valence-corrected chi connectivity index (χ0v) is 19.0. The van der Waals surface area contributed by atoms with Crippen molar-refractivity contribution in [1.82, 2.24) is 19.7 Å². The van der Waals surface area contributed by atoms with E-state index in [-0.39, 0.29) is 12.7 Å². The van der Waals surface area contributed by atoms with Gasteiger partial charge in [0.2, 0.25) is 0 Å². The van der Waals surface area contributed by atoms with Crippen molar-refractivity contribution in [3.05, 3.63) is 54.0 Å². The van der Waals surface area contributed by atoms with Gasteiger partial charge in [-0.2, -0.15) is 5.10 Å². The van der Waals surface area contributed by atoms with Gasteiger partial charge in [0.1, 0.15) is 11.6 Å². The summed E-state index contributed by atoms with van der Waals surface area (Å²) in [5, 5.41) is 23.6. The lowest BCUT2D eigenvalue weighted by Gasteiger charge is -2.24. The number of rotatable bonds is 8. The first kappa shape index (κ1) is 22.0. The van der Waals surface area contributed by atoms with Crippen LogP contribution in [0.3, 0.4) is 0 Å². The van der Waals surface area contributed by atoms with E-state index in [9.17, 15) is 5.11 Å². The van der Waals surface area contributed by atoms with Crippen LogP contribution in [0.1, 0.15) is 37.1 Å². The molecule has 0 spiro atoms. The summed E-state index contributed by atoms with van der Waals surface area (Å²) in [7, 11) is 0. The monoisotopic (exact) mass is 449 g/mol. The largest absolute Gasteiger partial charge is 0.394 e. The fourth-order valence-corrected chi connectivity index (χ4v) is 4.83. The van der Waals surface area contributed by atoms with Crippen molar-refractivity contribution in [3.63, 3.8) is 0 Å². The van der Waals surface area contributed by atoms with Crippen molar-refractivity contribution in [1.29, 1.82) is 0 Å². The third kappa shape index (κ3) is 4.78. The third-order valence-electron chi connectivity index (χ3n) is 6.56. The molecule has 3 aromatic rings. The molecule has 2 N–H and O–H groups in total. The number of aliphatic hydroxyl groups is 2. The number of anilines is 1. The molecule has 0 radical (unpaired) electrons. The van der Waals surface area contributed by atoms with Gasteiger partial charge in [-0.05, 0) is 44.7 Å². The van der Waals surface area contributed by atoms with Gasteiger partial charge < -0.3 is 19.8 Å². The number of hydrogen-bond acceptors (Lipinski definition) is 7. The lowest BCUT2D eigenvalue weighted by Crippen LogP contribution is -2.33. The second-order valence-corrected chi connectivity index (χ2v) is 8.99. The van der Waals surface area contributed by atoms with E-state index in [1.165, 1.54) is 5.56 Å². The van der Waals surface area contributed by atoms with Crippen LogP contribution in [0.5, 0.6) is 0 Å². The topological polar surface area (TPSA) is 96.5 Å². The van der Waals surface area contributed by atoms with Crippen molar-refractivity contribution < 1.29 is 14.9 Å². The molecular formula is C25H31N5O3. The van der Waals surface area contributed by atoms with E-state index < -0.39 is 6.10 Å². The summed E-state index contributed by atoms with van der Waals surface area (Å²) in [5.41, 5.74) is 3.17. The van der Waals surface area contributed by atoms with Crippen molar-refractivity contribution >= 4 is 5.82 Å². The minimum absolute atomic E-state index is 0.224. The summed E-state index contributed by atoms with van der Waals surface area (Å²) in [6, 6.07) is 12.7. The molecule has 3 atom stereocenters. The van der Waals surface area contributed by atoms with E-state index in [0.29, 0.717) is 25.3 Å². The van der Waals surface area contributed by atoms with Gasteiger partial charge >= 0.3 is 0 Å². The van der Waals surface area contributed by atoms with E-state index in [1.807, 2.05) is 29.1 Å². The zero-order valence-electron chi connectivity index (χ0n) is 19.0. The van der Waals surface area contributed by atoms with Gasteiger partial charge in [-0.25, -0.2) is 14.6 Å². The molecule has 33 heavy (non-hydrogen) atoms. The number of ether oxygens (including phenoxy) is 1. The van der Waals surface area contributed by atoms with Crippen LogP contribution >= 0.6 is 0 Å². The van der Waals surface area contributed by atoms with E-state index in [4.69, 9.17) is 24.9 Å². The lowest BCUT2D eigenvalue weighted by atomic mass is 10.1. The molecule has 0 amide bonds. The molecular weight excluding hydrogens is 418 g/mol. The number of nitrogens with zero attached hydrogens (tertiary/aromatic N) is 5. The minimum Gasteiger partial charge on any atom is -0.394 e. The zero-order chi connectivity index (χ0) is 22.8. The average molecular weight is 450 g/mol. The molecule has 5 rings (SSSR count). The van der Waals surface area contributed by atoms with Crippen molar-refractivity contribution in [2.75, 3.05) is 24.7 Å². The van der Waals surface area contributed by atoms with Gasteiger partial charge in [0.25, 0.3) is 0 Å². The van der Waals surface area contributed by atoms with Crippen molar-refractivity contribution in [3.8, 4) is 17.1 Å². The van der Waals surface area contributed by atoms with E-state index in [1.54, 1.807) is 0 Å². The quantitative estimate of drug-likeness (QED) is 0.546. The summed E-state index contributed by atoms with van der Waals surface area (Å²) in [4.78, 5) is 12.0. The number of benzene rings is 1. The fraction of sp³-hybridized carbons (Fsp3) is 0.480. The Kier molecular flexibility index (Phi) is 6.39. The van der Waals surface area contributed by atoms with Crippen LogP contribution in [0.2, 0.25) is 0 Å². The van der Waals surface area contributed by atoms with Crippen LogP contribution in [0, 0.1) is 6.92 Å². The molecule has 4 heterocycles. The highest BCUT2D eigenvalue weighted by Crippen LogP contribution is 2.33.